The fourth-order valence-electron chi connectivity index (χ4n) is 1.05. The quantitative estimate of drug-likeness (QED) is 0.497. The molecule has 0 aliphatic rings. The maximum Gasteiger partial charge on any atom is 0.397 e. The van der Waals surface area contributed by atoms with E-state index in [2.05, 4.69) is 10.1 Å². The number of amides is 1. The highest BCUT2D eigenvalue weighted by atomic mass is 32.2. The smallest absolute Gasteiger partial charge is 0.397 e. The fraction of sp³-hybridized carbons (Fsp3) is 0.273. The molecule has 0 bridgehead atoms. The Hall–Kier alpha value is -1.49. The maximum absolute atomic E-state index is 11.3. The van der Waals surface area contributed by atoms with Crippen molar-refractivity contribution in [2.45, 2.75) is 11.8 Å². The van der Waals surface area contributed by atoms with Crippen molar-refractivity contribution >= 4 is 29.3 Å². The molecule has 0 aliphatic carbocycles. The van der Waals surface area contributed by atoms with Crippen LogP contribution in [0.5, 0.6) is 0 Å². The average molecular weight is 239 g/mol. The van der Waals surface area contributed by atoms with Gasteiger partial charge < -0.3 is 10.1 Å². The fourth-order valence-corrected chi connectivity index (χ4v) is 1.46. The van der Waals surface area contributed by atoms with Crippen LogP contribution in [0.2, 0.25) is 0 Å². The Balaban J connectivity index is 2.59. The normalized spacial score (nSPS) is 9.62. The zero-order valence-corrected chi connectivity index (χ0v) is 9.97. The van der Waals surface area contributed by atoms with E-state index >= 15 is 0 Å². The van der Waals surface area contributed by atoms with Gasteiger partial charge >= 0.3 is 11.9 Å². The molecule has 0 spiro atoms. The Kier molecular flexibility index (Phi) is 4.85. The van der Waals surface area contributed by atoms with Gasteiger partial charge in [0.05, 0.1) is 6.61 Å². The Bertz CT molecular complexity index is 375. The molecular weight excluding hydrogens is 226 g/mol. The number of carbonyl (C=O) groups excluding carboxylic acids is 2. The molecule has 5 heteroatoms. The van der Waals surface area contributed by atoms with Gasteiger partial charge in [-0.2, -0.15) is 0 Å². The summed E-state index contributed by atoms with van der Waals surface area (Å²) >= 11 is 1.61. The van der Waals surface area contributed by atoms with E-state index in [1.807, 2.05) is 18.4 Å². The second kappa shape index (κ2) is 6.17. The zero-order chi connectivity index (χ0) is 12.0. The second-order valence-electron chi connectivity index (χ2n) is 2.90. The van der Waals surface area contributed by atoms with E-state index < -0.39 is 11.9 Å². The first-order valence-electron chi connectivity index (χ1n) is 4.79. The van der Waals surface area contributed by atoms with Crippen LogP contribution in [0.15, 0.2) is 29.2 Å². The van der Waals surface area contributed by atoms with Crippen LogP contribution in [-0.4, -0.2) is 24.7 Å². The third-order valence-electron chi connectivity index (χ3n) is 1.81. The van der Waals surface area contributed by atoms with Crippen molar-refractivity contribution in [1.82, 2.24) is 0 Å². The van der Waals surface area contributed by atoms with Crippen molar-refractivity contribution in [1.29, 1.82) is 0 Å². The summed E-state index contributed by atoms with van der Waals surface area (Å²) in [5, 5.41) is 2.46. The van der Waals surface area contributed by atoms with Gasteiger partial charge in [-0.05, 0) is 37.4 Å². The number of nitrogens with one attached hydrogen (secondary N) is 1. The summed E-state index contributed by atoms with van der Waals surface area (Å²) in [6.45, 7) is 1.84. The minimum atomic E-state index is -0.864. The van der Waals surface area contributed by atoms with Gasteiger partial charge in [0.25, 0.3) is 0 Å². The molecule has 4 nitrogen and oxygen atoms in total. The van der Waals surface area contributed by atoms with E-state index in [9.17, 15) is 9.59 Å². The molecule has 1 aromatic carbocycles. The van der Waals surface area contributed by atoms with Crippen LogP contribution in [0, 0.1) is 0 Å². The molecule has 0 aliphatic heterocycles. The summed E-state index contributed by atoms with van der Waals surface area (Å²) in [5.41, 5.74) is 0.579. The van der Waals surface area contributed by atoms with Crippen LogP contribution < -0.4 is 5.32 Å². The first kappa shape index (κ1) is 12.6. The third-order valence-corrected chi connectivity index (χ3v) is 2.55. The molecule has 0 unspecified atom stereocenters. The summed E-state index contributed by atoms with van der Waals surface area (Å²) < 4.78 is 4.57. The van der Waals surface area contributed by atoms with Gasteiger partial charge in [0, 0.05) is 10.6 Å². The molecule has 0 radical (unpaired) electrons. The highest BCUT2D eigenvalue weighted by Gasteiger charge is 2.14. The molecule has 1 N–H and O–H groups in total. The Morgan fingerprint density at radius 2 is 1.94 bits per heavy atom. The molecule has 16 heavy (non-hydrogen) atoms. The number of hydrogen-bond donors (Lipinski definition) is 1. The van der Waals surface area contributed by atoms with Crippen LogP contribution in [0.25, 0.3) is 0 Å². The largest absolute Gasteiger partial charge is 0.459 e. The molecule has 0 aromatic heterocycles. The Labute approximate surface area is 98.4 Å². The van der Waals surface area contributed by atoms with Gasteiger partial charge in [0.2, 0.25) is 0 Å². The maximum atomic E-state index is 11.3. The van der Waals surface area contributed by atoms with E-state index in [1.54, 1.807) is 30.8 Å². The van der Waals surface area contributed by atoms with Gasteiger partial charge in [0.1, 0.15) is 0 Å². The number of benzene rings is 1. The third kappa shape index (κ3) is 3.58. The lowest BCUT2D eigenvalue weighted by molar-refractivity contribution is -0.152. The lowest BCUT2D eigenvalue weighted by Gasteiger charge is -2.04. The van der Waals surface area contributed by atoms with Crippen molar-refractivity contribution in [3.8, 4) is 0 Å². The molecule has 1 rings (SSSR count). The summed E-state index contributed by atoms with van der Waals surface area (Å²) in [6.07, 6.45) is 1.96. The number of rotatable bonds is 3. The standard InChI is InChI=1S/C11H13NO3S/c1-3-15-11(14)10(13)12-8-4-6-9(16-2)7-5-8/h4-7H,3H2,1-2H3,(H,12,13). The number of ether oxygens (including phenoxy) is 1. The van der Waals surface area contributed by atoms with Crippen LogP contribution in [-0.2, 0) is 14.3 Å². The molecule has 0 saturated heterocycles. The van der Waals surface area contributed by atoms with Crippen molar-refractivity contribution in [2.75, 3.05) is 18.2 Å². The number of thioether (sulfide) groups is 1. The summed E-state index contributed by atoms with van der Waals surface area (Å²) in [7, 11) is 0. The monoisotopic (exact) mass is 239 g/mol. The van der Waals surface area contributed by atoms with E-state index in [4.69, 9.17) is 0 Å². The molecule has 1 amide bonds. The summed E-state index contributed by atoms with van der Waals surface area (Å²) in [4.78, 5) is 23.4. The highest BCUT2D eigenvalue weighted by Crippen LogP contribution is 2.17. The van der Waals surface area contributed by atoms with E-state index in [1.165, 1.54) is 0 Å². The van der Waals surface area contributed by atoms with E-state index in [0.717, 1.165) is 4.90 Å². The molecule has 1 aromatic rings. The molecular formula is C11H13NO3S. The zero-order valence-electron chi connectivity index (χ0n) is 9.15. The van der Waals surface area contributed by atoms with Crippen LogP contribution in [0.3, 0.4) is 0 Å². The summed E-state index contributed by atoms with van der Waals surface area (Å²) in [5.74, 6) is -1.62. The first-order valence-corrected chi connectivity index (χ1v) is 6.02. The van der Waals surface area contributed by atoms with Crippen molar-refractivity contribution in [3.05, 3.63) is 24.3 Å². The molecule has 0 atom stereocenters. The number of anilines is 1. The Morgan fingerprint density at radius 1 is 1.31 bits per heavy atom. The van der Waals surface area contributed by atoms with Crippen LogP contribution in [0.4, 0.5) is 5.69 Å². The lowest BCUT2D eigenvalue weighted by Crippen LogP contribution is -2.24. The highest BCUT2D eigenvalue weighted by molar-refractivity contribution is 7.98. The van der Waals surface area contributed by atoms with Gasteiger partial charge in [-0.15, -0.1) is 11.8 Å². The van der Waals surface area contributed by atoms with Crippen molar-refractivity contribution in [2.24, 2.45) is 0 Å². The van der Waals surface area contributed by atoms with Gasteiger partial charge in [-0.1, -0.05) is 0 Å². The number of esters is 1. The summed E-state index contributed by atoms with van der Waals surface area (Å²) in [6, 6.07) is 7.21. The Morgan fingerprint density at radius 3 is 2.44 bits per heavy atom. The predicted molar refractivity (Wildman–Crippen MR) is 63.5 cm³/mol. The molecule has 0 saturated carbocycles. The average Bonchev–Trinajstić information content (AvgIpc) is 2.30. The van der Waals surface area contributed by atoms with Crippen molar-refractivity contribution < 1.29 is 14.3 Å². The number of carbonyl (C=O) groups is 2. The number of hydrogen-bond acceptors (Lipinski definition) is 4. The minimum Gasteiger partial charge on any atom is -0.459 e. The van der Waals surface area contributed by atoms with Crippen LogP contribution >= 0.6 is 11.8 Å². The SMILES string of the molecule is CCOC(=O)C(=O)Nc1ccc(SC)cc1. The lowest BCUT2D eigenvalue weighted by atomic mass is 10.3. The topological polar surface area (TPSA) is 55.4 Å². The second-order valence-corrected chi connectivity index (χ2v) is 3.78. The van der Waals surface area contributed by atoms with Crippen molar-refractivity contribution in [3.63, 3.8) is 0 Å². The minimum absolute atomic E-state index is 0.192. The predicted octanol–water partition coefficient (Wildman–Crippen LogP) is 1.91. The van der Waals surface area contributed by atoms with Gasteiger partial charge in [-0.3, -0.25) is 4.79 Å². The molecule has 0 heterocycles. The van der Waals surface area contributed by atoms with Gasteiger partial charge in [0.15, 0.2) is 0 Å². The first-order chi connectivity index (χ1) is 7.67. The van der Waals surface area contributed by atoms with E-state index in [-0.39, 0.29) is 6.61 Å². The molecule has 0 fully saturated rings. The van der Waals surface area contributed by atoms with Crippen LogP contribution in [0.1, 0.15) is 6.92 Å². The van der Waals surface area contributed by atoms with E-state index in [0.29, 0.717) is 5.69 Å². The van der Waals surface area contributed by atoms with Gasteiger partial charge in [-0.25, -0.2) is 4.79 Å². The molecule has 86 valence electrons.